The Balaban J connectivity index is 2.48. The normalized spacial score (nSPS) is 12.5. The van der Waals surface area contributed by atoms with Crippen LogP contribution < -0.4 is 5.32 Å². The fraction of sp³-hybridized carbons (Fsp3) is 0.615. The summed E-state index contributed by atoms with van der Waals surface area (Å²) < 4.78 is 4.98. The van der Waals surface area contributed by atoms with Crippen LogP contribution in [0.2, 0.25) is 0 Å². The molecule has 1 rings (SSSR count). The minimum atomic E-state index is -1.08. The fourth-order valence-electron chi connectivity index (χ4n) is 1.48. The van der Waals surface area contributed by atoms with Crippen LogP contribution >= 0.6 is 11.3 Å². The van der Waals surface area contributed by atoms with Gasteiger partial charge >= 0.3 is 12.1 Å². The number of nitrogens with one attached hydrogen (secondary N) is 1. The number of carbonyl (C=O) groups is 2. The van der Waals surface area contributed by atoms with Crippen molar-refractivity contribution in [1.82, 2.24) is 10.3 Å². The first-order valence-corrected chi connectivity index (χ1v) is 7.29. The Morgan fingerprint density at radius 2 is 2.05 bits per heavy atom. The van der Waals surface area contributed by atoms with E-state index in [0.717, 1.165) is 5.01 Å². The number of carboxylic acids is 1. The van der Waals surface area contributed by atoms with Crippen molar-refractivity contribution in [2.75, 3.05) is 0 Å². The minimum absolute atomic E-state index is 0.0412. The summed E-state index contributed by atoms with van der Waals surface area (Å²) in [6.45, 7) is 7.55. The molecule has 0 bridgehead atoms. The third-order valence-electron chi connectivity index (χ3n) is 2.62. The highest BCUT2D eigenvalue weighted by atomic mass is 32.1. The van der Waals surface area contributed by atoms with Gasteiger partial charge < -0.3 is 15.2 Å². The third-order valence-corrected chi connectivity index (χ3v) is 3.81. The lowest BCUT2D eigenvalue weighted by Crippen LogP contribution is -2.44. The van der Waals surface area contributed by atoms with Gasteiger partial charge in [0.15, 0.2) is 0 Å². The molecule has 0 saturated heterocycles. The summed E-state index contributed by atoms with van der Waals surface area (Å²) in [5, 5.41) is 14.1. The second-order valence-corrected chi connectivity index (χ2v) is 6.00. The third kappa shape index (κ3) is 4.80. The van der Waals surface area contributed by atoms with Gasteiger partial charge in [0, 0.05) is 11.3 Å². The summed E-state index contributed by atoms with van der Waals surface area (Å²) in [7, 11) is 0. The van der Waals surface area contributed by atoms with E-state index in [9.17, 15) is 9.59 Å². The number of alkyl carbamates (subject to hydrolysis) is 1. The number of aromatic nitrogens is 1. The Morgan fingerprint density at radius 3 is 2.50 bits per heavy atom. The molecular weight excluding hydrogens is 280 g/mol. The molecule has 20 heavy (non-hydrogen) atoms. The van der Waals surface area contributed by atoms with Crippen LogP contribution in [-0.4, -0.2) is 28.2 Å². The van der Waals surface area contributed by atoms with E-state index in [1.807, 2.05) is 19.2 Å². The number of nitrogens with zero attached hydrogens (tertiary/aromatic N) is 1. The number of hydrogen-bond donors (Lipinski definition) is 2. The van der Waals surface area contributed by atoms with Gasteiger partial charge in [0.1, 0.15) is 12.6 Å². The molecule has 0 saturated carbocycles. The van der Waals surface area contributed by atoms with Crippen molar-refractivity contribution in [3.05, 3.63) is 16.1 Å². The van der Waals surface area contributed by atoms with Crippen molar-refractivity contribution in [3.63, 3.8) is 0 Å². The van der Waals surface area contributed by atoms with Crippen molar-refractivity contribution < 1.29 is 19.4 Å². The first kappa shape index (κ1) is 16.4. The average Bonchev–Trinajstić information content (AvgIpc) is 2.81. The van der Waals surface area contributed by atoms with Crippen molar-refractivity contribution in [2.45, 2.75) is 46.3 Å². The highest BCUT2D eigenvalue weighted by Crippen LogP contribution is 2.19. The van der Waals surface area contributed by atoms with E-state index in [1.165, 1.54) is 11.3 Å². The molecule has 0 aliphatic carbocycles. The zero-order valence-corrected chi connectivity index (χ0v) is 12.9. The zero-order chi connectivity index (χ0) is 15.3. The van der Waals surface area contributed by atoms with Crippen LogP contribution in [0, 0.1) is 5.92 Å². The monoisotopic (exact) mass is 300 g/mol. The number of ether oxygens (including phenoxy) is 1. The van der Waals surface area contributed by atoms with Crippen LogP contribution in [-0.2, 0) is 16.1 Å². The highest BCUT2D eigenvalue weighted by molar-refractivity contribution is 7.09. The standard InChI is InChI=1S/C13H20N2O4S/c1-7(2)10(12(16)17)15-13(18)19-5-9-6-20-11(14-9)8(3)4/h6-8,10H,5H2,1-4H3,(H,15,18)(H,16,17). The van der Waals surface area contributed by atoms with Crippen LogP contribution in [0.1, 0.15) is 44.3 Å². The summed E-state index contributed by atoms with van der Waals surface area (Å²) in [4.78, 5) is 26.8. The highest BCUT2D eigenvalue weighted by Gasteiger charge is 2.24. The van der Waals surface area contributed by atoms with E-state index in [4.69, 9.17) is 9.84 Å². The van der Waals surface area contributed by atoms with E-state index in [1.54, 1.807) is 13.8 Å². The van der Waals surface area contributed by atoms with Gasteiger partial charge in [0.05, 0.1) is 10.7 Å². The molecule has 1 unspecified atom stereocenters. The molecular formula is C13H20N2O4S. The minimum Gasteiger partial charge on any atom is -0.480 e. The lowest BCUT2D eigenvalue weighted by molar-refractivity contribution is -0.140. The maximum absolute atomic E-state index is 11.6. The Morgan fingerprint density at radius 1 is 1.40 bits per heavy atom. The summed E-state index contributed by atoms with van der Waals surface area (Å²) in [6, 6.07) is -0.954. The summed E-state index contributed by atoms with van der Waals surface area (Å²) in [5.41, 5.74) is 0.672. The Hall–Kier alpha value is -1.63. The molecule has 7 heteroatoms. The number of hydrogen-bond acceptors (Lipinski definition) is 5. The Bertz CT molecular complexity index is 471. The molecule has 1 atom stereocenters. The largest absolute Gasteiger partial charge is 0.480 e. The SMILES string of the molecule is CC(C)c1nc(COC(=O)NC(C(=O)O)C(C)C)cs1. The molecule has 0 spiro atoms. The number of thiazole rings is 1. The molecule has 1 aromatic heterocycles. The fourth-order valence-corrected chi connectivity index (χ4v) is 2.30. The van der Waals surface area contributed by atoms with Gasteiger partial charge in [0.25, 0.3) is 0 Å². The van der Waals surface area contributed by atoms with E-state index < -0.39 is 18.1 Å². The van der Waals surface area contributed by atoms with Crippen LogP contribution in [0.25, 0.3) is 0 Å². The van der Waals surface area contributed by atoms with Gasteiger partial charge in [0.2, 0.25) is 0 Å². The number of amides is 1. The molecule has 1 heterocycles. The average molecular weight is 300 g/mol. The molecule has 0 radical (unpaired) electrons. The lowest BCUT2D eigenvalue weighted by Gasteiger charge is -2.17. The molecule has 6 nitrogen and oxygen atoms in total. The quantitative estimate of drug-likeness (QED) is 0.843. The van der Waals surface area contributed by atoms with Gasteiger partial charge in [-0.1, -0.05) is 27.7 Å². The maximum atomic E-state index is 11.6. The molecule has 0 aromatic carbocycles. The molecule has 1 amide bonds. The summed E-state index contributed by atoms with van der Waals surface area (Å²) in [5.74, 6) is -0.959. The van der Waals surface area contributed by atoms with Gasteiger partial charge in [-0.2, -0.15) is 0 Å². The van der Waals surface area contributed by atoms with Crippen LogP contribution in [0.15, 0.2) is 5.38 Å². The number of carbonyl (C=O) groups excluding carboxylic acids is 1. The van der Waals surface area contributed by atoms with Crippen LogP contribution in [0.5, 0.6) is 0 Å². The number of carboxylic acid groups (broad SMARTS) is 1. The first-order chi connectivity index (χ1) is 9.31. The van der Waals surface area contributed by atoms with Crippen LogP contribution in [0.4, 0.5) is 4.79 Å². The molecule has 112 valence electrons. The van der Waals surface area contributed by atoms with E-state index in [2.05, 4.69) is 10.3 Å². The maximum Gasteiger partial charge on any atom is 0.408 e. The topological polar surface area (TPSA) is 88.5 Å². The van der Waals surface area contributed by atoms with E-state index in [-0.39, 0.29) is 12.5 Å². The number of rotatable bonds is 6. The van der Waals surface area contributed by atoms with E-state index in [0.29, 0.717) is 11.6 Å². The summed E-state index contributed by atoms with van der Waals surface area (Å²) in [6.07, 6.45) is -0.745. The van der Waals surface area contributed by atoms with Crippen molar-refractivity contribution in [2.24, 2.45) is 5.92 Å². The molecule has 1 aromatic rings. The van der Waals surface area contributed by atoms with Gasteiger partial charge in [-0.15, -0.1) is 11.3 Å². The number of aliphatic carboxylic acids is 1. The Labute approximate surface area is 122 Å². The molecule has 2 N–H and O–H groups in total. The molecule has 0 fully saturated rings. The van der Waals surface area contributed by atoms with Crippen molar-refractivity contribution >= 4 is 23.4 Å². The van der Waals surface area contributed by atoms with Crippen molar-refractivity contribution in [3.8, 4) is 0 Å². The van der Waals surface area contributed by atoms with Gasteiger partial charge in [-0.25, -0.2) is 14.6 Å². The van der Waals surface area contributed by atoms with Crippen molar-refractivity contribution in [1.29, 1.82) is 0 Å². The molecule has 0 aliphatic rings. The molecule has 0 aliphatic heterocycles. The Kier molecular flexibility index (Phi) is 5.94. The lowest BCUT2D eigenvalue weighted by atomic mass is 10.1. The van der Waals surface area contributed by atoms with E-state index >= 15 is 0 Å². The predicted molar refractivity (Wildman–Crippen MR) is 75.8 cm³/mol. The smallest absolute Gasteiger partial charge is 0.408 e. The zero-order valence-electron chi connectivity index (χ0n) is 12.0. The predicted octanol–water partition coefficient (Wildman–Crippen LogP) is 2.60. The summed E-state index contributed by atoms with van der Waals surface area (Å²) >= 11 is 1.52. The first-order valence-electron chi connectivity index (χ1n) is 6.41. The van der Waals surface area contributed by atoms with Gasteiger partial charge in [-0.05, 0) is 5.92 Å². The van der Waals surface area contributed by atoms with Gasteiger partial charge in [-0.3, -0.25) is 0 Å². The second kappa shape index (κ2) is 7.23. The second-order valence-electron chi connectivity index (χ2n) is 5.11. The van der Waals surface area contributed by atoms with Crippen LogP contribution in [0.3, 0.4) is 0 Å².